The van der Waals surface area contributed by atoms with E-state index in [1.807, 2.05) is 20.8 Å². The lowest BCUT2D eigenvalue weighted by molar-refractivity contribution is -0.126. The third-order valence-corrected chi connectivity index (χ3v) is 2.64. The number of aliphatic hydroxyl groups is 1. The zero-order valence-corrected chi connectivity index (χ0v) is 9.99. The van der Waals surface area contributed by atoms with Gasteiger partial charge in [-0.1, -0.05) is 20.8 Å². The molecule has 0 spiro atoms. The van der Waals surface area contributed by atoms with Crippen LogP contribution in [0.1, 0.15) is 27.2 Å². The third kappa shape index (κ3) is 5.74. The van der Waals surface area contributed by atoms with E-state index in [1.165, 1.54) is 0 Å². The highest BCUT2D eigenvalue weighted by atomic mass is 16.3. The molecular formula is C11H24N2O2. The summed E-state index contributed by atoms with van der Waals surface area (Å²) in [5.41, 5.74) is 5.54. The quantitative estimate of drug-likeness (QED) is 0.575. The van der Waals surface area contributed by atoms with Crippen molar-refractivity contribution in [1.29, 1.82) is 0 Å². The van der Waals surface area contributed by atoms with Gasteiger partial charge in [0.05, 0.1) is 5.92 Å². The van der Waals surface area contributed by atoms with Crippen molar-refractivity contribution in [1.82, 2.24) is 5.32 Å². The first kappa shape index (κ1) is 14.4. The number of hydrogen-bond donors (Lipinski definition) is 3. The Morgan fingerprint density at radius 3 is 2.40 bits per heavy atom. The van der Waals surface area contributed by atoms with E-state index < -0.39 is 0 Å². The first-order chi connectivity index (χ1) is 7.02. The minimum atomic E-state index is -0.105. The van der Waals surface area contributed by atoms with Crippen LogP contribution in [0.3, 0.4) is 0 Å². The number of hydrogen-bond acceptors (Lipinski definition) is 3. The van der Waals surface area contributed by atoms with E-state index in [9.17, 15) is 4.79 Å². The summed E-state index contributed by atoms with van der Waals surface area (Å²) in [5, 5.41) is 11.6. The molecule has 0 fully saturated rings. The zero-order chi connectivity index (χ0) is 11.8. The minimum Gasteiger partial charge on any atom is -0.396 e. The maximum Gasteiger partial charge on any atom is 0.224 e. The van der Waals surface area contributed by atoms with E-state index in [-0.39, 0.29) is 24.3 Å². The summed E-state index contributed by atoms with van der Waals surface area (Å²) in [6.07, 6.45) is 0.718. The maximum atomic E-state index is 11.7. The number of carbonyl (C=O) groups excluding carboxylic acids is 1. The second-order valence-corrected chi connectivity index (χ2v) is 4.45. The molecule has 0 heterocycles. The third-order valence-electron chi connectivity index (χ3n) is 2.64. The van der Waals surface area contributed by atoms with E-state index in [2.05, 4.69) is 5.32 Å². The predicted octanol–water partition coefficient (Wildman–Crippen LogP) is 0.352. The van der Waals surface area contributed by atoms with Crippen molar-refractivity contribution in [3.8, 4) is 0 Å². The van der Waals surface area contributed by atoms with Gasteiger partial charge in [-0.2, -0.15) is 0 Å². The number of nitrogens with two attached hydrogens (primary N) is 1. The van der Waals surface area contributed by atoms with Crippen LogP contribution in [0.2, 0.25) is 0 Å². The molecular weight excluding hydrogens is 192 g/mol. The molecule has 0 aromatic carbocycles. The molecule has 0 aliphatic carbocycles. The summed E-state index contributed by atoms with van der Waals surface area (Å²) in [6.45, 7) is 7.16. The van der Waals surface area contributed by atoms with E-state index in [4.69, 9.17) is 10.8 Å². The van der Waals surface area contributed by atoms with Gasteiger partial charge in [0.1, 0.15) is 0 Å². The highest BCUT2D eigenvalue weighted by molar-refractivity contribution is 5.79. The van der Waals surface area contributed by atoms with Gasteiger partial charge >= 0.3 is 0 Å². The van der Waals surface area contributed by atoms with Gasteiger partial charge < -0.3 is 16.2 Å². The molecule has 0 saturated heterocycles. The molecule has 4 nitrogen and oxygen atoms in total. The number of aliphatic hydroxyl groups excluding tert-OH is 1. The van der Waals surface area contributed by atoms with Gasteiger partial charge in [-0.05, 0) is 18.3 Å². The minimum absolute atomic E-state index is 0.0253. The number of carbonyl (C=O) groups is 1. The molecule has 0 aliphatic rings. The Bertz CT molecular complexity index is 183. The first-order valence-electron chi connectivity index (χ1n) is 5.61. The zero-order valence-electron chi connectivity index (χ0n) is 9.99. The lowest BCUT2D eigenvalue weighted by atomic mass is 9.95. The first-order valence-corrected chi connectivity index (χ1v) is 5.61. The molecule has 2 unspecified atom stereocenters. The van der Waals surface area contributed by atoms with Crippen molar-refractivity contribution in [3.05, 3.63) is 0 Å². The second kappa shape index (κ2) is 7.65. The van der Waals surface area contributed by atoms with Gasteiger partial charge in [-0.25, -0.2) is 0 Å². The molecule has 0 aromatic rings. The van der Waals surface area contributed by atoms with Crippen LogP contribution in [0, 0.1) is 17.8 Å². The standard InChI is InChI=1S/C11H24N2O2/c1-8(2)10(6-12)11(15)13-7-9(3)4-5-14/h8-10,14H,4-7,12H2,1-3H3,(H,13,15). The van der Waals surface area contributed by atoms with Crippen LogP contribution in [0.4, 0.5) is 0 Å². The fourth-order valence-electron chi connectivity index (χ4n) is 1.41. The summed E-state index contributed by atoms with van der Waals surface area (Å²) >= 11 is 0. The van der Waals surface area contributed by atoms with E-state index in [0.29, 0.717) is 19.0 Å². The van der Waals surface area contributed by atoms with Gasteiger partial charge in [0.2, 0.25) is 5.91 Å². The Kier molecular flexibility index (Phi) is 7.34. The number of rotatable bonds is 7. The second-order valence-electron chi connectivity index (χ2n) is 4.45. The molecule has 90 valence electrons. The highest BCUT2D eigenvalue weighted by Crippen LogP contribution is 2.09. The van der Waals surface area contributed by atoms with Crippen LogP contribution < -0.4 is 11.1 Å². The smallest absolute Gasteiger partial charge is 0.224 e. The summed E-state index contributed by atoms with van der Waals surface area (Å²) in [4.78, 5) is 11.7. The van der Waals surface area contributed by atoms with Gasteiger partial charge in [0.25, 0.3) is 0 Å². The van der Waals surface area contributed by atoms with Crippen LogP contribution in [0.15, 0.2) is 0 Å². The van der Waals surface area contributed by atoms with Crippen molar-refractivity contribution < 1.29 is 9.90 Å². The molecule has 15 heavy (non-hydrogen) atoms. The van der Waals surface area contributed by atoms with Gasteiger partial charge in [-0.3, -0.25) is 4.79 Å². The number of amides is 1. The predicted molar refractivity (Wildman–Crippen MR) is 61.3 cm³/mol. The summed E-state index contributed by atoms with van der Waals surface area (Å²) in [7, 11) is 0. The molecule has 0 aromatic heterocycles. The molecule has 0 bridgehead atoms. The van der Waals surface area contributed by atoms with Crippen molar-refractivity contribution in [2.45, 2.75) is 27.2 Å². The maximum absolute atomic E-state index is 11.7. The molecule has 0 saturated carbocycles. The normalized spacial score (nSPS) is 15.1. The molecule has 0 aliphatic heterocycles. The van der Waals surface area contributed by atoms with Gasteiger partial charge in [0, 0.05) is 19.7 Å². The summed E-state index contributed by atoms with van der Waals surface area (Å²) < 4.78 is 0. The van der Waals surface area contributed by atoms with Gasteiger partial charge in [0.15, 0.2) is 0 Å². The number of nitrogens with one attached hydrogen (secondary N) is 1. The lowest BCUT2D eigenvalue weighted by Gasteiger charge is -2.19. The molecule has 2 atom stereocenters. The summed E-state index contributed by atoms with van der Waals surface area (Å²) in [5.74, 6) is 0.497. The average molecular weight is 216 g/mol. The van der Waals surface area contributed by atoms with Crippen LogP contribution in [-0.2, 0) is 4.79 Å². The van der Waals surface area contributed by atoms with Gasteiger partial charge in [-0.15, -0.1) is 0 Å². The molecule has 0 rings (SSSR count). The van der Waals surface area contributed by atoms with Crippen LogP contribution in [0.25, 0.3) is 0 Å². The summed E-state index contributed by atoms with van der Waals surface area (Å²) in [6, 6.07) is 0. The Morgan fingerprint density at radius 1 is 1.40 bits per heavy atom. The largest absolute Gasteiger partial charge is 0.396 e. The fraction of sp³-hybridized carbons (Fsp3) is 0.909. The fourth-order valence-corrected chi connectivity index (χ4v) is 1.41. The Morgan fingerprint density at radius 2 is 2.00 bits per heavy atom. The van der Waals surface area contributed by atoms with E-state index in [0.717, 1.165) is 6.42 Å². The van der Waals surface area contributed by atoms with Crippen LogP contribution in [-0.4, -0.2) is 30.7 Å². The van der Waals surface area contributed by atoms with Crippen molar-refractivity contribution in [2.75, 3.05) is 19.7 Å². The van der Waals surface area contributed by atoms with E-state index >= 15 is 0 Å². The molecule has 1 amide bonds. The topological polar surface area (TPSA) is 75.3 Å². The average Bonchev–Trinajstić information content (AvgIpc) is 2.15. The van der Waals surface area contributed by atoms with Crippen LogP contribution in [0.5, 0.6) is 0 Å². The Labute approximate surface area is 92.2 Å². The highest BCUT2D eigenvalue weighted by Gasteiger charge is 2.20. The van der Waals surface area contributed by atoms with Crippen molar-refractivity contribution in [2.24, 2.45) is 23.5 Å². The molecule has 4 N–H and O–H groups in total. The molecule has 4 heteroatoms. The van der Waals surface area contributed by atoms with Crippen molar-refractivity contribution in [3.63, 3.8) is 0 Å². The Balaban J connectivity index is 3.90. The Hall–Kier alpha value is -0.610. The van der Waals surface area contributed by atoms with Crippen molar-refractivity contribution >= 4 is 5.91 Å². The molecule has 0 radical (unpaired) electrons. The van der Waals surface area contributed by atoms with E-state index in [1.54, 1.807) is 0 Å². The lowest BCUT2D eigenvalue weighted by Crippen LogP contribution is -2.39. The van der Waals surface area contributed by atoms with Crippen LogP contribution >= 0.6 is 0 Å². The monoisotopic (exact) mass is 216 g/mol. The SMILES string of the molecule is CC(CCO)CNC(=O)C(CN)C(C)C.